The van der Waals surface area contributed by atoms with Gasteiger partial charge in [-0.15, -0.1) is 5.10 Å². The van der Waals surface area contributed by atoms with E-state index in [0.717, 1.165) is 16.7 Å². The molecule has 0 aliphatic rings. The summed E-state index contributed by atoms with van der Waals surface area (Å²) in [6.45, 7) is 0. The highest BCUT2D eigenvalue weighted by atomic mass is 15.5. The number of aromatic amines is 1. The number of H-pyrrole nitrogens is 1. The number of tetrazole rings is 1. The minimum absolute atomic E-state index is 0.723. The zero-order valence-corrected chi connectivity index (χ0v) is 5.97. The summed E-state index contributed by atoms with van der Waals surface area (Å²) in [6.07, 6.45) is 3.39. The van der Waals surface area contributed by atoms with Gasteiger partial charge in [0, 0.05) is 6.20 Å². The Morgan fingerprint density at radius 2 is 2.42 bits per heavy atom. The number of nitrogens with one attached hydrogen (secondary N) is 1. The van der Waals surface area contributed by atoms with Crippen LogP contribution >= 0.6 is 0 Å². The second-order valence-corrected chi connectivity index (χ2v) is 2.43. The molecular weight excluding hydrogens is 156 g/mol. The van der Waals surface area contributed by atoms with E-state index in [1.165, 1.54) is 4.52 Å². The first-order valence-corrected chi connectivity index (χ1v) is 3.45. The predicted octanol–water partition coefficient (Wildman–Crippen LogP) is 0.000600. The van der Waals surface area contributed by atoms with E-state index in [0.29, 0.717) is 0 Å². The Morgan fingerprint density at radius 3 is 3.42 bits per heavy atom. The lowest BCUT2D eigenvalue weighted by Crippen LogP contribution is -1.89. The Labute approximate surface area is 66.2 Å². The van der Waals surface area contributed by atoms with Crippen molar-refractivity contribution < 1.29 is 0 Å². The van der Waals surface area contributed by atoms with E-state index < -0.39 is 0 Å². The number of hydrogen-bond acceptors (Lipinski definition) is 4. The van der Waals surface area contributed by atoms with Crippen LogP contribution in [0.25, 0.3) is 16.7 Å². The summed E-state index contributed by atoms with van der Waals surface area (Å²) in [6, 6.07) is 1.90. The number of nitrogens with zero attached hydrogens (tertiary/aromatic N) is 5. The molecule has 1 N–H and O–H groups in total. The van der Waals surface area contributed by atoms with Crippen LogP contribution in [0.15, 0.2) is 18.6 Å². The van der Waals surface area contributed by atoms with Gasteiger partial charge < -0.3 is 4.98 Å². The summed E-state index contributed by atoms with van der Waals surface area (Å²) >= 11 is 0. The molecule has 6 heteroatoms. The Bertz CT molecular complexity index is 485. The molecule has 0 atom stereocenters. The normalized spacial score (nSPS) is 11.3. The summed E-state index contributed by atoms with van der Waals surface area (Å²) in [7, 11) is 0. The van der Waals surface area contributed by atoms with E-state index in [-0.39, 0.29) is 0 Å². The SMILES string of the molecule is c1cc2c(ncn3nnnc23)[nH]1. The fourth-order valence-corrected chi connectivity index (χ4v) is 1.21. The summed E-state index contributed by atoms with van der Waals surface area (Å²) in [5.41, 5.74) is 1.53. The molecule has 3 heterocycles. The molecule has 0 aromatic carbocycles. The van der Waals surface area contributed by atoms with Gasteiger partial charge in [0.2, 0.25) is 0 Å². The van der Waals surface area contributed by atoms with Crippen molar-refractivity contribution in [2.75, 3.05) is 0 Å². The van der Waals surface area contributed by atoms with Crippen LogP contribution in [0, 0.1) is 0 Å². The Balaban J connectivity index is 2.71. The Hall–Kier alpha value is -1.98. The zero-order valence-electron chi connectivity index (χ0n) is 5.97. The van der Waals surface area contributed by atoms with E-state index in [2.05, 4.69) is 25.5 Å². The van der Waals surface area contributed by atoms with Crippen molar-refractivity contribution in [3.05, 3.63) is 18.6 Å². The average molecular weight is 160 g/mol. The summed E-state index contributed by atoms with van der Waals surface area (Å²) < 4.78 is 1.54. The van der Waals surface area contributed by atoms with Crippen molar-refractivity contribution in [1.29, 1.82) is 0 Å². The molecule has 58 valence electrons. The van der Waals surface area contributed by atoms with Crippen molar-refractivity contribution in [2.45, 2.75) is 0 Å². The highest BCUT2D eigenvalue weighted by Crippen LogP contribution is 2.12. The van der Waals surface area contributed by atoms with E-state index >= 15 is 0 Å². The first-order valence-electron chi connectivity index (χ1n) is 3.45. The first kappa shape index (κ1) is 5.64. The third kappa shape index (κ3) is 0.541. The minimum Gasteiger partial charge on any atom is -0.346 e. The maximum Gasteiger partial charge on any atom is 0.191 e. The molecule has 0 spiro atoms. The van der Waals surface area contributed by atoms with Crippen molar-refractivity contribution >= 4 is 16.7 Å². The number of hydrogen-bond donors (Lipinski definition) is 1. The van der Waals surface area contributed by atoms with Gasteiger partial charge in [0.05, 0.1) is 5.39 Å². The zero-order chi connectivity index (χ0) is 7.97. The van der Waals surface area contributed by atoms with Gasteiger partial charge in [-0.25, -0.2) is 4.98 Å². The van der Waals surface area contributed by atoms with Crippen LogP contribution in [0.5, 0.6) is 0 Å². The van der Waals surface area contributed by atoms with Crippen molar-refractivity contribution in [1.82, 2.24) is 30.0 Å². The van der Waals surface area contributed by atoms with E-state index in [1.54, 1.807) is 6.33 Å². The van der Waals surface area contributed by atoms with Gasteiger partial charge in [-0.2, -0.15) is 4.52 Å². The predicted molar refractivity (Wildman–Crippen MR) is 40.4 cm³/mol. The van der Waals surface area contributed by atoms with Gasteiger partial charge in [0.15, 0.2) is 5.65 Å². The molecule has 12 heavy (non-hydrogen) atoms. The summed E-state index contributed by atoms with van der Waals surface area (Å²) in [5, 5.41) is 12.1. The Kier molecular flexibility index (Phi) is 0.840. The third-order valence-corrected chi connectivity index (χ3v) is 1.76. The van der Waals surface area contributed by atoms with Gasteiger partial charge in [-0.3, -0.25) is 0 Å². The quantitative estimate of drug-likeness (QED) is 0.502. The molecule has 3 aromatic rings. The van der Waals surface area contributed by atoms with E-state index in [9.17, 15) is 0 Å². The maximum absolute atomic E-state index is 4.11. The molecule has 0 aliphatic heterocycles. The van der Waals surface area contributed by atoms with Crippen molar-refractivity contribution in [2.24, 2.45) is 0 Å². The molecule has 0 radical (unpaired) electrons. The molecule has 6 nitrogen and oxygen atoms in total. The number of rotatable bonds is 0. The third-order valence-electron chi connectivity index (χ3n) is 1.76. The molecule has 0 unspecified atom stereocenters. The largest absolute Gasteiger partial charge is 0.346 e. The van der Waals surface area contributed by atoms with Gasteiger partial charge in [-0.05, 0) is 16.5 Å². The van der Waals surface area contributed by atoms with Crippen LogP contribution in [0.3, 0.4) is 0 Å². The fourth-order valence-electron chi connectivity index (χ4n) is 1.21. The van der Waals surface area contributed by atoms with Crippen LogP contribution in [-0.2, 0) is 0 Å². The summed E-state index contributed by atoms with van der Waals surface area (Å²) in [4.78, 5) is 7.09. The lowest BCUT2D eigenvalue weighted by Gasteiger charge is -1.88. The molecule has 0 aliphatic carbocycles. The number of aromatic nitrogens is 6. The molecule has 3 aromatic heterocycles. The number of fused-ring (bicyclic) bond motifs is 3. The van der Waals surface area contributed by atoms with Crippen molar-refractivity contribution in [3.8, 4) is 0 Å². The second-order valence-electron chi connectivity index (χ2n) is 2.43. The molecule has 0 saturated carbocycles. The van der Waals surface area contributed by atoms with Crippen LogP contribution in [-0.4, -0.2) is 30.0 Å². The van der Waals surface area contributed by atoms with Gasteiger partial charge >= 0.3 is 0 Å². The molecular formula is C6H4N6. The van der Waals surface area contributed by atoms with Crippen LogP contribution in [0.1, 0.15) is 0 Å². The molecule has 0 fully saturated rings. The topological polar surface area (TPSA) is 71.8 Å². The van der Waals surface area contributed by atoms with Gasteiger partial charge in [0.1, 0.15) is 12.0 Å². The van der Waals surface area contributed by atoms with Crippen LogP contribution < -0.4 is 0 Å². The average Bonchev–Trinajstić information content (AvgIpc) is 2.71. The van der Waals surface area contributed by atoms with Crippen LogP contribution in [0.4, 0.5) is 0 Å². The molecule has 0 amide bonds. The highest BCUT2D eigenvalue weighted by Gasteiger charge is 2.03. The monoisotopic (exact) mass is 160 g/mol. The maximum atomic E-state index is 4.11. The highest BCUT2D eigenvalue weighted by molar-refractivity contribution is 5.88. The first-order chi connectivity index (χ1) is 5.95. The second kappa shape index (κ2) is 1.79. The Morgan fingerprint density at radius 1 is 1.42 bits per heavy atom. The van der Waals surface area contributed by atoms with E-state index in [4.69, 9.17) is 0 Å². The van der Waals surface area contributed by atoms with E-state index in [1.807, 2.05) is 12.3 Å². The minimum atomic E-state index is 0.723. The smallest absolute Gasteiger partial charge is 0.191 e. The van der Waals surface area contributed by atoms with Gasteiger partial charge in [0.25, 0.3) is 0 Å². The molecule has 0 bridgehead atoms. The lowest BCUT2D eigenvalue weighted by molar-refractivity contribution is 0.812. The molecule has 0 saturated heterocycles. The summed E-state index contributed by atoms with van der Waals surface area (Å²) in [5.74, 6) is 0. The lowest BCUT2D eigenvalue weighted by atomic mass is 10.4. The molecule has 3 rings (SSSR count). The standard InChI is InChI=1S/C6H4N6/c1-2-7-5-4(1)6-9-10-11-12(6)3-8-5/h1-3,7H. The van der Waals surface area contributed by atoms with Crippen LogP contribution in [0.2, 0.25) is 0 Å². The fraction of sp³-hybridized carbons (Fsp3) is 0. The van der Waals surface area contributed by atoms with Gasteiger partial charge in [-0.1, -0.05) is 0 Å². The van der Waals surface area contributed by atoms with Crippen molar-refractivity contribution in [3.63, 3.8) is 0 Å².